The third-order valence-electron chi connectivity index (χ3n) is 3.86. The Kier molecular flexibility index (Phi) is 3.32. The maximum atomic E-state index is 12.2. The van der Waals surface area contributed by atoms with Crippen LogP contribution in [0.5, 0.6) is 0 Å². The Balaban J connectivity index is 1.70. The first-order valence-corrected chi connectivity index (χ1v) is 6.83. The van der Waals surface area contributed by atoms with Crippen molar-refractivity contribution in [3.05, 3.63) is 17.0 Å². The van der Waals surface area contributed by atoms with Crippen molar-refractivity contribution in [1.29, 1.82) is 0 Å². The number of fused-ring (bicyclic) bond motifs is 1. The van der Waals surface area contributed by atoms with Gasteiger partial charge in [0.05, 0.1) is 0 Å². The molecule has 98 valence electrons. The topological polar surface area (TPSA) is 67.2 Å². The Hall–Kier alpha value is -1.36. The Morgan fingerprint density at radius 1 is 1.33 bits per heavy atom. The quantitative estimate of drug-likeness (QED) is 0.831. The highest BCUT2D eigenvalue weighted by molar-refractivity contribution is 5.94. The summed E-state index contributed by atoms with van der Waals surface area (Å²) >= 11 is 0. The Morgan fingerprint density at radius 3 is 3.00 bits per heavy atom. The van der Waals surface area contributed by atoms with Crippen LogP contribution in [0.15, 0.2) is 4.52 Å². The molecule has 1 aliphatic carbocycles. The van der Waals surface area contributed by atoms with Gasteiger partial charge < -0.3 is 15.2 Å². The summed E-state index contributed by atoms with van der Waals surface area (Å²) in [5.74, 6) is 0.790. The van der Waals surface area contributed by atoms with Gasteiger partial charge in [0.1, 0.15) is 5.76 Å². The number of aromatic nitrogens is 1. The minimum absolute atomic E-state index is 0.0735. The Morgan fingerprint density at radius 2 is 2.17 bits per heavy atom. The normalized spacial score (nSPS) is 20.4. The van der Waals surface area contributed by atoms with Gasteiger partial charge in [-0.2, -0.15) is 0 Å². The largest absolute Gasteiger partial charge is 0.360 e. The number of amides is 1. The summed E-state index contributed by atoms with van der Waals surface area (Å²) in [6.07, 6.45) is 6.70. The van der Waals surface area contributed by atoms with E-state index in [1.165, 1.54) is 19.3 Å². The average Bonchev–Trinajstić information content (AvgIpc) is 2.84. The van der Waals surface area contributed by atoms with Gasteiger partial charge >= 0.3 is 0 Å². The summed E-state index contributed by atoms with van der Waals surface area (Å²) in [5.41, 5.74) is 1.41. The zero-order chi connectivity index (χ0) is 12.4. The van der Waals surface area contributed by atoms with Crippen LogP contribution in [0, 0.1) is 0 Å². The summed E-state index contributed by atoms with van der Waals surface area (Å²) < 4.78 is 5.25. The van der Waals surface area contributed by atoms with Gasteiger partial charge in [-0.1, -0.05) is 24.4 Å². The Labute approximate surface area is 106 Å². The molecule has 2 heterocycles. The number of carbonyl (C=O) groups excluding carboxylic acids is 1. The molecule has 3 rings (SSSR count). The van der Waals surface area contributed by atoms with E-state index in [9.17, 15) is 4.79 Å². The predicted molar refractivity (Wildman–Crippen MR) is 66.3 cm³/mol. The van der Waals surface area contributed by atoms with Crippen LogP contribution in [-0.4, -0.2) is 23.7 Å². The van der Waals surface area contributed by atoms with Crippen molar-refractivity contribution in [2.24, 2.45) is 0 Å². The molecular weight excluding hydrogens is 230 g/mol. The van der Waals surface area contributed by atoms with Crippen LogP contribution in [0.25, 0.3) is 0 Å². The van der Waals surface area contributed by atoms with Crippen LogP contribution in [0.1, 0.15) is 53.9 Å². The van der Waals surface area contributed by atoms with Crippen molar-refractivity contribution in [2.45, 2.75) is 51.1 Å². The fourth-order valence-corrected chi connectivity index (χ4v) is 2.82. The number of nitrogens with zero attached hydrogens (tertiary/aromatic N) is 1. The fraction of sp³-hybridized carbons (Fsp3) is 0.692. The van der Waals surface area contributed by atoms with Crippen molar-refractivity contribution in [3.63, 3.8) is 0 Å². The van der Waals surface area contributed by atoms with Gasteiger partial charge in [-0.15, -0.1) is 0 Å². The van der Waals surface area contributed by atoms with Crippen LogP contribution in [0.3, 0.4) is 0 Å². The second-order valence-corrected chi connectivity index (χ2v) is 5.17. The first-order valence-electron chi connectivity index (χ1n) is 6.83. The van der Waals surface area contributed by atoms with Crippen LogP contribution >= 0.6 is 0 Å². The molecule has 0 radical (unpaired) electrons. The van der Waals surface area contributed by atoms with E-state index in [1.807, 2.05) is 0 Å². The lowest BCUT2D eigenvalue weighted by molar-refractivity contribution is 0.0917. The molecule has 1 aromatic heterocycles. The molecule has 1 amide bonds. The number of hydrogen-bond acceptors (Lipinski definition) is 4. The molecule has 1 fully saturated rings. The molecule has 2 aliphatic rings. The molecule has 0 aromatic carbocycles. The first-order chi connectivity index (χ1) is 8.84. The number of carbonyl (C=O) groups is 1. The maximum Gasteiger partial charge on any atom is 0.274 e. The van der Waals surface area contributed by atoms with Crippen LogP contribution < -0.4 is 10.6 Å². The molecular formula is C13H19N3O2. The lowest BCUT2D eigenvalue weighted by atomic mass is 9.95. The second kappa shape index (κ2) is 5.10. The zero-order valence-corrected chi connectivity index (χ0v) is 10.5. The van der Waals surface area contributed by atoms with Gasteiger partial charge in [-0.25, -0.2) is 0 Å². The highest BCUT2D eigenvalue weighted by Crippen LogP contribution is 2.20. The lowest BCUT2D eigenvalue weighted by Crippen LogP contribution is -2.37. The molecule has 0 unspecified atom stereocenters. The number of rotatable bonds is 2. The second-order valence-electron chi connectivity index (χ2n) is 5.17. The van der Waals surface area contributed by atoms with Crippen molar-refractivity contribution in [3.8, 4) is 0 Å². The van der Waals surface area contributed by atoms with E-state index in [4.69, 9.17) is 4.52 Å². The molecule has 0 bridgehead atoms. The minimum atomic E-state index is -0.0735. The van der Waals surface area contributed by atoms with Gasteiger partial charge in [0.2, 0.25) is 0 Å². The molecule has 2 N–H and O–H groups in total. The van der Waals surface area contributed by atoms with Crippen LogP contribution in [0.2, 0.25) is 0 Å². The van der Waals surface area contributed by atoms with Crippen molar-refractivity contribution in [1.82, 2.24) is 15.8 Å². The first kappa shape index (κ1) is 11.7. The smallest absolute Gasteiger partial charge is 0.274 e. The molecule has 1 saturated carbocycles. The summed E-state index contributed by atoms with van der Waals surface area (Å²) in [5, 5.41) is 10.3. The standard InChI is InChI=1S/C13H19N3O2/c17-13(15-9-4-2-1-3-5-9)12-10-8-14-7-6-11(10)18-16-12/h9,14H,1-8H2,(H,15,17). The van der Waals surface area contributed by atoms with E-state index >= 15 is 0 Å². The van der Waals surface area contributed by atoms with E-state index < -0.39 is 0 Å². The highest BCUT2D eigenvalue weighted by atomic mass is 16.5. The van der Waals surface area contributed by atoms with E-state index in [1.54, 1.807) is 0 Å². The average molecular weight is 249 g/mol. The molecule has 0 saturated heterocycles. The van der Waals surface area contributed by atoms with Crippen LogP contribution in [0.4, 0.5) is 0 Å². The van der Waals surface area contributed by atoms with Gasteiger partial charge in [-0.3, -0.25) is 4.79 Å². The minimum Gasteiger partial charge on any atom is -0.360 e. The molecule has 0 atom stereocenters. The summed E-state index contributed by atoms with van der Waals surface area (Å²) in [4.78, 5) is 12.2. The Bertz CT molecular complexity index is 435. The summed E-state index contributed by atoms with van der Waals surface area (Å²) in [6.45, 7) is 1.58. The van der Waals surface area contributed by atoms with Crippen LogP contribution in [-0.2, 0) is 13.0 Å². The molecule has 1 aliphatic heterocycles. The van der Waals surface area contributed by atoms with Gasteiger partial charge in [0, 0.05) is 31.1 Å². The number of nitrogens with one attached hydrogen (secondary N) is 2. The van der Waals surface area contributed by atoms with Crippen molar-refractivity contribution < 1.29 is 9.32 Å². The summed E-state index contributed by atoms with van der Waals surface area (Å²) in [6, 6.07) is 0.315. The van der Waals surface area contributed by atoms with E-state index in [2.05, 4.69) is 15.8 Å². The third-order valence-corrected chi connectivity index (χ3v) is 3.86. The molecule has 0 spiro atoms. The van der Waals surface area contributed by atoms with Crippen molar-refractivity contribution in [2.75, 3.05) is 6.54 Å². The number of hydrogen-bond donors (Lipinski definition) is 2. The van der Waals surface area contributed by atoms with Crippen molar-refractivity contribution >= 4 is 5.91 Å². The van der Waals surface area contributed by atoms with E-state index in [0.29, 0.717) is 18.3 Å². The molecule has 1 aromatic rings. The highest BCUT2D eigenvalue weighted by Gasteiger charge is 2.25. The zero-order valence-electron chi connectivity index (χ0n) is 10.5. The summed E-state index contributed by atoms with van der Waals surface area (Å²) in [7, 11) is 0. The van der Waals surface area contributed by atoms with Gasteiger partial charge in [0.25, 0.3) is 5.91 Å². The third kappa shape index (κ3) is 2.27. The lowest BCUT2D eigenvalue weighted by Gasteiger charge is -2.22. The van der Waals surface area contributed by atoms with E-state index in [0.717, 1.165) is 37.1 Å². The molecule has 18 heavy (non-hydrogen) atoms. The fourth-order valence-electron chi connectivity index (χ4n) is 2.82. The monoisotopic (exact) mass is 249 g/mol. The molecule has 5 heteroatoms. The molecule has 5 nitrogen and oxygen atoms in total. The van der Waals surface area contributed by atoms with Gasteiger partial charge in [0.15, 0.2) is 5.69 Å². The van der Waals surface area contributed by atoms with E-state index in [-0.39, 0.29) is 5.91 Å². The SMILES string of the molecule is O=C(NC1CCCCC1)c1noc2c1CNCC2. The predicted octanol–water partition coefficient (Wildman–Crippen LogP) is 1.38. The maximum absolute atomic E-state index is 12.2. The van der Waals surface area contributed by atoms with Gasteiger partial charge in [-0.05, 0) is 12.8 Å².